The van der Waals surface area contributed by atoms with Gasteiger partial charge in [0.2, 0.25) is 0 Å². The minimum atomic E-state index is 1.02. The zero-order chi connectivity index (χ0) is 10.3. The molecule has 16 heavy (non-hydrogen) atoms. The maximum atomic E-state index is 2.59. The van der Waals surface area contributed by atoms with Crippen LogP contribution in [0.1, 0.15) is 38.5 Å². The molecule has 0 amide bonds. The molecule has 0 spiro atoms. The second-order valence-electron chi connectivity index (χ2n) is 7.35. The third-order valence-corrected chi connectivity index (χ3v) is 7.07. The van der Waals surface area contributed by atoms with Gasteiger partial charge in [0.25, 0.3) is 0 Å². The van der Waals surface area contributed by atoms with E-state index in [2.05, 4.69) is 12.2 Å². The third-order valence-electron chi connectivity index (χ3n) is 7.07. The minimum Gasteiger partial charge on any atom is -0.0848 e. The predicted molar refractivity (Wildman–Crippen MR) is 64.8 cm³/mol. The average molecular weight is 214 g/mol. The Balaban J connectivity index is 1.58. The van der Waals surface area contributed by atoms with Gasteiger partial charge in [-0.15, -0.1) is 0 Å². The van der Waals surface area contributed by atoms with Crippen LogP contribution in [0.5, 0.6) is 0 Å². The van der Waals surface area contributed by atoms with Crippen LogP contribution in [0.2, 0.25) is 0 Å². The standard InChI is InChI=1S/C16H22/c1-2-9-6-12-8-14(13(9)3-1)16-11-5-4-10(7-11)15(12)16/h4-5,9-16H,1-3,6-8H2. The van der Waals surface area contributed by atoms with Gasteiger partial charge in [0.1, 0.15) is 0 Å². The lowest BCUT2D eigenvalue weighted by molar-refractivity contribution is 0.149. The van der Waals surface area contributed by atoms with E-state index in [0.29, 0.717) is 0 Å². The van der Waals surface area contributed by atoms with Crippen LogP contribution in [0, 0.1) is 47.3 Å². The Kier molecular flexibility index (Phi) is 1.52. The van der Waals surface area contributed by atoms with Gasteiger partial charge in [0.05, 0.1) is 0 Å². The molecule has 0 N–H and O–H groups in total. The molecule has 0 nitrogen and oxygen atoms in total. The molecule has 5 rings (SSSR count). The quantitative estimate of drug-likeness (QED) is 0.424. The summed E-state index contributed by atoms with van der Waals surface area (Å²) in [7, 11) is 0. The van der Waals surface area contributed by atoms with Gasteiger partial charge < -0.3 is 0 Å². The van der Waals surface area contributed by atoms with Crippen LogP contribution in [-0.4, -0.2) is 0 Å². The number of hydrogen-bond acceptors (Lipinski definition) is 0. The van der Waals surface area contributed by atoms with Crippen molar-refractivity contribution in [2.24, 2.45) is 47.3 Å². The molecule has 4 bridgehead atoms. The molecule has 0 aromatic rings. The molecular formula is C16H22. The van der Waals surface area contributed by atoms with E-state index in [9.17, 15) is 0 Å². The van der Waals surface area contributed by atoms with Crippen LogP contribution in [-0.2, 0) is 0 Å². The predicted octanol–water partition coefficient (Wildman–Crippen LogP) is 3.88. The van der Waals surface area contributed by atoms with Gasteiger partial charge in [-0.1, -0.05) is 25.0 Å². The Morgan fingerprint density at radius 1 is 0.688 bits per heavy atom. The highest BCUT2D eigenvalue weighted by Gasteiger charge is 2.60. The molecule has 8 unspecified atom stereocenters. The molecule has 0 aromatic heterocycles. The van der Waals surface area contributed by atoms with Gasteiger partial charge in [-0.25, -0.2) is 0 Å². The Bertz CT molecular complexity index is 355. The highest BCUT2D eigenvalue weighted by molar-refractivity contribution is 5.20. The zero-order valence-electron chi connectivity index (χ0n) is 10.0. The largest absolute Gasteiger partial charge is 0.0848 e. The molecular weight excluding hydrogens is 192 g/mol. The van der Waals surface area contributed by atoms with Crippen LogP contribution >= 0.6 is 0 Å². The van der Waals surface area contributed by atoms with Crippen molar-refractivity contribution in [2.45, 2.75) is 38.5 Å². The van der Waals surface area contributed by atoms with Crippen molar-refractivity contribution in [3.8, 4) is 0 Å². The van der Waals surface area contributed by atoms with Crippen LogP contribution in [0.25, 0.3) is 0 Å². The van der Waals surface area contributed by atoms with Crippen LogP contribution < -0.4 is 0 Å². The zero-order valence-corrected chi connectivity index (χ0v) is 10.0. The highest BCUT2D eigenvalue weighted by Crippen LogP contribution is 2.67. The lowest BCUT2D eigenvalue weighted by Gasteiger charge is -2.34. The summed E-state index contributed by atoms with van der Waals surface area (Å²) in [6.07, 6.45) is 14.7. The molecule has 0 aromatic carbocycles. The number of fused-ring (bicyclic) bond motifs is 11. The first-order valence-corrected chi connectivity index (χ1v) is 7.60. The van der Waals surface area contributed by atoms with E-state index in [0.717, 1.165) is 41.4 Å². The van der Waals surface area contributed by atoms with E-state index in [-0.39, 0.29) is 0 Å². The molecule has 5 aliphatic carbocycles. The summed E-state index contributed by atoms with van der Waals surface area (Å²) >= 11 is 0. The Labute approximate surface area is 98.5 Å². The first kappa shape index (κ1) is 8.78. The van der Waals surface area contributed by atoms with E-state index >= 15 is 0 Å². The molecule has 0 heterocycles. The number of hydrogen-bond donors (Lipinski definition) is 0. The topological polar surface area (TPSA) is 0 Å². The van der Waals surface area contributed by atoms with Gasteiger partial charge in [-0.3, -0.25) is 0 Å². The molecule has 0 saturated heterocycles. The van der Waals surface area contributed by atoms with E-state index in [4.69, 9.17) is 0 Å². The van der Waals surface area contributed by atoms with Crippen molar-refractivity contribution in [2.75, 3.05) is 0 Å². The van der Waals surface area contributed by atoms with Crippen molar-refractivity contribution in [1.82, 2.24) is 0 Å². The summed E-state index contributed by atoms with van der Waals surface area (Å²) in [6, 6.07) is 0. The lowest BCUT2D eigenvalue weighted by atomic mass is 9.70. The van der Waals surface area contributed by atoms with E-state index in [1.807, 2.05) is 0 Å². The van der Waals surface area contributed by atoms with E-state index < -0.39 is 0 Å². The smallest absolute Gasteiger partial charge is 0.0194 e. The van der Waals surface area contributed by atoms with Gasteiger partial charge in [0.15, 0.2) is 0 Å². The van der Waals surface area contributed by atoms with Gasteiger partial charge in [-0.2, -0.15) is 0 Å². The maximum absolute atomic E-state index is 2.59. The molecule has 0 aliphatic heterocycles. The summed E-state index contributed by atoms with van der Waals surface area (Å²) < 4.78 is 0. The fourth-order valence-corrected chi connectivity index (χ4v) is 6.85. The van der Waals surface area contributed by atoms with Crippen molar-refractivity contribution in [3.05, 3.63) is 12.2 Å². The number of rotatable bonds is 0. The van der Waals surface area contributed by atoms with Crippen molar-refractivity contribution in [1.29, 1.82) is 0 Å². The van der Waals surface area contributed by atoms with E-state index in [1.54, 1.807) is 38.5 Å². The second kappa shape index (κ2) is 2.76. The first-order valence-electron chi connectivity index (χ1n) is 7.60. The van der Waals surface area contributed by atoms with Crippen LogP contribution in [0.3, 0.4) is 0 Å². The second-order valence-corrected chi connectivity index (χ2v) is 7.35. The fraction of sp³-hybridized carbons (Fsp3) is 0.875. The molecule has 0 heteroatoms. The Morgan fingerprint density at radius 3 is 2.50 bits per heavy atom. The first-order chi connectivity index (χ1) is 7.92. The number of allylic oxidation sites excluding steroid dienone is 2. The summed E-state index contributed by atoms with van der Waals surface area (Å²) in [5.74, 6) is 8.96. The van der Waals surface area contributed by atoms with Crippen LogP contribution in [0.4, 0.5) is 0 Å². The molecule has 4 saturated carbocycles. The van der Waals surface area contributed by atoms with Crippen molar-refractivity contribution in [3.63, 3.8) is 0 Å². The van der Waals surface area contributed by atoms with Crippen molar-refractivity contribution < 1.29 is 0 Å². The average Bonchev–Trinajstić information content (AvgIpc) is 3.02. The summed E-state index contributed by atoms with van der Waals surface area (Å²) in [4.78, 5) is 0. The Hall–Kier alpha value is -0.260. The van der Waals surface area contributed by atoms with E-state index in [1.165, 1.54) is 5.92 Å². The molecule has 5 aliphatic rings. The molecule has 0 radical (unpaired) electrons. The molecule has 4 fully saturated rings. The van der Waals surface area contributed by atoms with Crippen LogP contribution in [0.15, 0.2) is 12.2 Å². The fourth-order valence-electron chi connectivity index (χ4n) is 6.85. The van der Waals surface area contributed by atoms with Crippen molar-refractivity contribution >= 4 is 0 Å². The van der Waals surface area contributed by atoms with Gasteiger partial charge in [-0.05, 0) is 73.0 Å². The summed E-state index contributed by atoms with van der Waals surface area (Å²) in [6.45, 7) is 0. The SMILES string of the molecule is C1=CC2CC1C1C3CC4CCCC4C(C3)C21. The Morgan fingerprint density at radius 2 is 1.56 bits per heavy atom. The summed E-state index contributed by atoms with van der Waals surface area (Å²) in [5.41, 5.74) is 0. The monoisotopic (exact) mass is 214 g/mol. The molecule has 8 atom stereocenters. The normalized spacial score (nSPS) is 65.0. The van der Waals surface area contributed by atoms with Gasteiger partial charge in [0, 0.05) is 0 Å². The van der Waals surface area contributed by atoms with Gasteiger partial charge >= 0.3 is 0 Å². The summed E-state index contributed by atoms with van der Waals surface area (Å²) in [5, 5.41) is 0. The lowest BCUT2D eigenvalue weighted by Crippen LogP contribution is -2.27. The minimum absolute atomic E-state index is 1.02. The molecule has 86 valence electrons. The third kappa shape index (κ3) is 0.866. The maximum Gasteiger partial charge on any atom is -0.0194 e. The highest BCUT2D eigenvalue weighted by atomic mass is 14.6.